The third kappa shape index (κ3) is 3.18. The van der Waals surface area contributed by atoms with Gasteiger partial charge in [-0.25, -0.2) is 0 Å². The number of benzene rings is 1. The van der Waals surface area contributed by atoms with Crippen molar-refractivity contribution in [3.63, 3.8) is 0 Å². The minimum atomic E-state index is -4.29. The van der Waals surface area contributed by atoms with Crippen LogP contribution in [0.15, 0.2) is 29.4 Å². The Balaban J connectivity index is 1.53. The molecule has 1 unspecified atom stereocenters. The molecule has 1 atom stereocenters. The Bertz CT molecular complexity index is 731. The van der Waals surface area contributed by atoms with Crippen molar-refractivity contribution < 1.29 is 13.2 Å². The van der Waals surface area contributed by atoms with Crippen LogP contribution in [-0.2, 0) is 6.18 Å². The molecule has 0 spiro atoms. The van der Waals surface area contributed by atoms with Gasteiger partial charge in [-0.1, -0.05) is 23.9 Å². The van der Waals surface area contributed by atoms with Gasteiger partial charge in [0.25, 0.3) is 0 Å². The molecular formula is C17H18F3N3S. The van der Waals surface area contributed by atoms with Crippen molar-refractivity contribution in [1.82, 2.24) is 14.8 Å². The van der Waals surface area contributed by atoms with E-state index in [1.807, 2.05) is 6.92 Å². The van der Waals surface area contributed by atoms with E-state index in [9.17, 15) is 13.2 Å². The van der Waals surface area contributed by atoms with Crippen molar-refractivity contribution >= 4 is 11.8 Å². The third-order valence-electron chi connectivity index (χ3n) is 4.54. The Morgan fingerprint density at radius 2 is 1.75 bits per heavy atom. The molecule has 1 aromatic heterocycles. The van der Waals surface area contributed by atoms with Crippen LogP contribution in [0.25, 0.3) is 0 Å². The first-order valence-corrected chi connectivity index (χ1v) is 9.10. The van der Waals surface area contributed by atoms with Gasteiger partial charge in [0.15, 0.2) is 5.16 Å². The van der Waals surface area contributed by atoms with E-state index >= 15 is 0 Å². The quantitative estimate of drug-likeness (QED) is 0.678. The van der Waals surface area contributed by atoms with Gasteiger partial charge < -0.3 is 4.57 Å². The molecule has 1 aromatic carbocycles. The summed E-state index contributed by atoms with van der Waals surface area (Å²) in [7, 11) is 0. The maximum Gasteiger partial charge on any atom is 0.416 e. The Morgan fingerprint density at radius 1 is 1.08 bits per heavy atom. The van der Waals surface area contributed by atoms with E-state index in [2.05, 4.69) is 14.8 Å². The Hall–Kier alpha value is -1.50. The van der Waals surface area contributed by atoms with Crippen molar-refractivity contribution in [2.45, 2.75) is 61.1 Å². The van der Waals surface area contributed by atoms with Gasteiger partial charge in [-0.2, -0.15) is 13.2 Å². The minimum absolute atomic E-state index is 0.0287. The molecule has 0 saturated heterocycles. The number of nitrogens with zero attached hydrogens (tertiary/aromatic N) is 3. The Kier molecular flexibility index (Phi) is 3.86. The smallest absolute Gasteiger partial charge is 0.303 e. The zero-order valence-corrected chi connectivity index (χ0v) is 14.1. The average Bonchev–Trinajstić information content (AvgIpc) is 3.46. The van der Waals surface area contributed by atoms with Crippen molar-refractivity contribution in [1.29, 1.82) is 0 Å². The zero-order chi connectivity index (χ0) is 16.9. The van der Waals surface area contributed by atoms with Gasteiger partial charge in [0.05, 0.1) is 5.56 Å². The van der Waals surface area contributed by atoms with Crippen LogP contribution in [0.3, 0.4) is 0 Å². The second kappa shape index (κ2) is 5.79. The molecule has 0 bridgehead atoms. The molecular weight excluding hydrogens is 335 g/mol. The highest BCUT2D eigenvalue weighted by Gasteiger charge is 2.36. The second-order valence-corrected chi connectivity index (χ2v) is 7.90. The summed E-state index contributed by atoms with van der Waals surface area (Å²) < 4.78 is 40.3. The number of hydrogen-bond donors (Lipinski definition) is 0. The van der Waals surface area contributed by atoms with Crippen LogP contribution in [0.1, 0.15) is 66.8 Å². The number of alkyl halides is 3. The molecule has 7 heteroatoms. The maximum atomic E-state index is 12.7. The van der Waals surface area contributed by atoms with Gasteiger partial charge in [0, 0.05) is 17.2 Å². The molecule has 0 radical (unpaired) electrons. The topological polar surface area (TPSA) is 30.7 Å². The number of rotatable bonds is 5. The normalized spacial score (nSPS) is 19.5. The molecule has 2 saturated carbocycles. The standard InChI is InChI=1S/C17H18F3N3S/c1-10(11-4-6-13(7-5-11)17(18,19)20)24-16-22-21-15(12-2-3-12)23(16)14-8-9-14/h4-7,10,12,14H,2-3,8-9H2,1H3. The van der Waals surface area contributed by atoms with Gasteiger partial charge in [0.1, 0.15) is 5.82 Å². The fraction of sp³-hybridized carbons (Fsp3) is 0.529. The summed E-state index contributed by atoms with van der Waals surface area (Å²) >= 11 is 1.58. The first kappa shape index (κ1) is 16.0. The molecule has 128 valence electrons. The molecule has 3 nitrogen and oxygen atoms in total. The predicted molar refractivity (Wildman–Crippen MR) is 86.0 cm³/mol. The first-order chi connectivity index (χ1) is 11.4. The van der Waals surface area contributed by atoms with E-state index in [1.165, 1.54) is 25.7 Å². The van der Waals surface area contributed by atoms with E-state index in [4.69, 9.17) is 0 Å². The summed E-state index contributed by atoms with van der Waals surface area (Å²) in [4.78, 5) is 0. The lowest BCUT2D eigenvalue weighted by Crippen LogP contribution is -2.05. The van der Waals surface area contributed by atoms with Gasteiger partial charge in [0.2, 0.25) is 0 Å². The van der Waals surface area contributed by atoms with Crippen LogP contribution < -0.4 is 0 Å². The molecule has 2 aliphatic rings. The lowest BCUT2D eigenvalue weighted by atomic mass is 10.1. The van der Waals surface area contributed by atoms with Crippen LogP contribution >= 0.6 is 11.8 Å². The SMILES string of the molecule is CC(Sc1nnc(C2CC2)n1C1CC1)c1ccc(C(F)(F)F)cc1. The van der Waals surface area contributed by atoms with Gasteiger partial charge in [-0.3, -0.25) is 0 Å². The Morgan fingerprint density at radius 3 is 2.29 bits per heavy atom. The lowest BCUT2D eigenvalue weighted by Gasteiger charge is -2.14. The van der Waals surface area contributed by atoms with Crippen molar-refractivity contribution in [2.24, 2.45) is 0 Å². The number of halogens is 3. The molecule has 1 heterocycles. The first-order valence-electron chi connectivity index (χ1n) is 8.22. The summed E-state index contributed by atoms with van der Waals surface area (Å²) in [5.41, 5.74) is 0.256. The minimum Gasteiger partial charge on any atom is -0.303 e. The molecule has 24 heavy (non-hydrogen) atoms. The molecule has 2 fully saturated rings. The third-order valence-corrected chi connectivity index (χ3v) is 5.65. The van der Waals surface area contributed by atoms with Crippen molar-refractivity contribution in [3.8, 4) is 0 Å². The van der Waals surface area contributed by atoms with Crippen LogP contribution in [0, 0.1) is 0 Å². The van der Waals surface area contributed by atoms with Gasteiger partial charge >= 0.3 is 6.18 Å². The molecule has 2 aliphatic carbocycles. The summed E-state index contributed by atoms with van der Waals surface area (Å²) in [5, 5.41) is 9.66. The van der Waals surface area contributed by atoms with Gasteiger partial charge in [-0.05, 0) is 50.3 Å². The van der Waals surface area contributed by atoms with Crippen LogP contribution in [0.4, 0.5) is 13.2 Å². The maximum absolute atomic E-state index is 12.7. The summed E-state index contributed by atoms with van der Waals surface area (Å²) in [6.45, 7) is 2.00. The average molecular weight is 353 g/mol. The monoisotopic (exact) mass is 353 g/mol. The largest absolute Gasteiger partial charge is 0.416 e. The zero-order valence-electron chi connectivity index (χ0n) is 13.3. The number of thioether (sulfide) groups is 1. The predicted octanol–water partition coefficient (Wildman–Crippen LogP) is 5.36. The van der Waals surface area contributed by atoms with E-state index in [0.717, 1.165) is 28.7 Å². The van der Waals surface area contributed by atoms with E-state index in [1.54, 1.807) is 23.9 Å². The molecule has 2 aromatic rings. The number of aromatic nitrogens is 3. The molecule has 0 amide bonds. The summed E-state index contributed by atoms with van der Waals surface area (Å²) in [6.07, 6.45) is 0.411. The fourth-order valence-electron chi connectivity index (χ4n) is 2.83. The molecule has 4 rings (SSSR count). The highest BCUT2D eigenvalue weighted by Crippen LogP contribution is 2.47. The van der Waals surface area contributed by atoms with Crippen LogP contribution in [-0.4, -0.2) is 14.8 Å². The van der Waals surface area contributed by atoms with Gasteiger partial charge in [-0.15, -0.1) is 10.2 Å². The Labute approximate surface area is 142 Å². The van der Waals surface area contributed by atoms with E-state index in [-0.39, 0.29) is 5.25 Å². The number of hydrogen-bond acceptors (Lipinski definition) is 3. The van der Waals surface area contributed by atoms with Crippen LogP contribution in [0.2, 0.25) is 0 Å². The second-order valence-electron chi connectivity index (χ2n) is 6.60. The highest BCUT2D eigenvalue weighted by atomic mass is 32.2. The van der Waals surface area contributed by atoms with E-state index in [0.29, 0.717) is 12.0 Å². The van der Waals surface area contributed by atoms with E-state index < -0.39 is 11.7 Å². The van der Waals surface area contributed by atoms with Crippen LogP contribution in [0.5, 0.6) is 0 Å². The summed E-state index contributed by atoms with van der Waals surface area (Å²) in [6, 6.07) is 5.92. The summed E-state index contributed by atoms with van der Waals surface area (Å²) in [5.74, 6) is 1.65. The van der Waals surface area contributed by atoms with Crippen molar-refractivity contribution in [2.75, 3.05) is 0 Å². The van der Waals surface area contributed by atoms with Crippen molar-refractivity contribution in [3.05, 3.63) is 41.2 Å². The fourth-order valence-corrected chi connectivity index (χ4v) is 3.89. The molecule has 0 N–H and O–H groups in total. The highest BCUT2D eigenvalue weighted by molar-refractivity contribution is 7.99. The lowest BCUT2D eigenvalue weighted by molar-refractivity contribution is -0.137. The molecule has 0 aliphatic heterocycles.